The summed E-state index contributed by atoms with van der Waals surface area (Å²) in [6.45, 7) is 1.44. The lowest BCUT2D eigenvalue weighted by Gasteiger charge is -2.36. The summed E-state index contributed by atoms with van der Waals surface area (Å²) >= 11 is 0. The van der Waals surface area contributed by atoms with Crippen molar-refractivity contribution in [2.45, 2.75) is 57.3 Å². The highest BCUT2D eigenvalue weighted by atomic mass is 28.4. The van der Waals surface area contributed by atoms with Crippen LogP contribution in [0.4, 0.5) is 13.2 Å². The Labute approximate surface area is 173 Å². The Balaban J connectivity index is 5.54. The number of halogens is 3. The summed E-state index contributed by atoms with van der Waals surface area (Å²) in [6, 6.07) is 0.358. The van der Waals surface area contributed by atoms with Gasteiger partial charge in [0.1, 0.15) is 11.2 Å². The Bertz CT molecular complexity index is 442. The van der Waals surface area contributed by atoms with Crippen LogP contribution in [0.2, 0.25) is 12.1 Å². The molecule has 0 bridgehead atoms. The second-order valence-corrected chi connectivity index (χ2v) is 12.8. The Morgan fingerprint density at radius 2 is 1.03 bits per heavy atom. The first-order valence-electron chi connectivity index (χ1n) is 9.42. The summed E-state index contributed by atoms with van der Waals surface area (Å²) in [5.74, 6) is -0.830. The summed E-state index contributed by atoms with van der Waals surface area (Å²) in [4.78, 5) is 12.5. The Kier molecular flexibility index (Phi) is 12.3. The first-order valence-corrected chi connectivity index (χ1v) is 13.3. The highest BCUT2D eigenvalue weighted by Crippen LogP contribution is 2.48. The van der Waals surface area contributed by atoms with E-state index in [0.717, 1.165) is 0 Å². The number of rotatable bonds is 16. The van der Waals surface area contributed by atoms with E-state index in [1.165, 1.54) is 49.6 Å². The minimum absolute atomic E-state index is 0.0778. The number of hydrogen-bond donors (Lipinski definition) is 0. The molecule has 0 aromatic heterocycles. The van der Waals surface area contributed by atoms with Crippen molar-refractivity contribution >= 4 is 23.4 Å². The molecule has 0 heterocycles. The van der Waals surface area contributed by atoms with E-state index in [0.29, 0.717) is 0 Å². The third-order valence-electron chi connectivity index (χ3n) is 5.44. The van der Waals surface area contributed by atoms with Crippen LogP contribution < -0.4 is 0 Å². The Morgan fingerprint density at radius 3 is 1.24 bits per heavy atom. The molecule has 174 valence electrons. The molecule has 0 rings (SSSR count). The number of alkyl halides is 3. The number of hydrogen-bond acceptors (Lipinski definition) is 7. The normalized spacial score (nSPS) is 13.7. The van der Waals surface area contributed by atoms with Crippen molar-refractivity contribution < 1.29 is 44.5 Å². The zero-order chi connectivity index (χ0) is 22.8. The summed E-state index contributed by atoms with van der Waals surface area (Å²) in [6.07, 6.45) is -5.47. The van der Waals surface area contributed by atoms with Crippen LogP contribution >= 0.6 is 0 Å². The van der Waals surface area contributed by atoms with Crippen molar-refractivity contribution in [3.05, 3.63) is 0 Å². The van der Waals surface area contributed by atoms with Crippen LogP contribution in [-0.2, 0) is 31.4 Å². The van der Waals surface area contributed by atoms with Gasteiger partial charge in [-0.2, -0.15) is 13.2 Å². The molecule has 29 heavy (non-hydrogen) atoms. The number of carbonyl (C=O) groups is 1. The second-order valence-electron chi connectivity index (χ2n) is 6.65. The van der Waals surface area contributed by atoms with Gasteiger partial charge in [-0.15, -0.1) is 0 Å². The van der Waals surface area contributed by atoms with E-state index in [2.05, 4.69) is 0 Å². The van der Waals surface area contributed by atoms with Crippen molar-refractivity contribution in [1.29, 1.82) is 0 Å². The lowest BCUT2D eigenvalue weighted by atomic mass is 9.74. The maximum absolute atomic E-state index is 14.2. The molecule has 0 amide bonds. The SMILES string of the molecule is CCC(=O)C(CCC[Si](OC)(OC)OC)(CCC[Si](OC)(OC)OC)C(F)(F)F. The maximum Gasteiger partial charge on any atom is 0.500 e. The highest BCUT2D eigenvalue weighted by molar-refractivity contribution is 6.60. The standard InChI is InChI=1S/C17H35F3O7Si2/c1-8-15(21)16(17(18,19)20,11-9-13-28(22-2,23-3)24-4)12-10-14-29(25-5,26-6)27-7/h8-14H2,1-7H3. The van der Waals surface area contributed by atoms with E-state index in [1.54, 1.807) is 0 Å². The zero-order valence-corrected chi connectivity index (χ0v) is 20.4. The lowest BCUT2D eigenvalue weighted by molar-refractivity contribution is -0.225. The molecule has 0 aliphatic heterocycles. The maximum atomic E-state index is 14.2. The van der Waals surface area contributed by atoms with Gasteiger partial charge in [0.05, 0.1) is 0 Å². The van der Waals surface area contributed by atoms with Crippen LogP contribution in [0, 0.1) is 5.41 Å². The fraction of sp³-hybridized carbons (Fsp3) is 0.941. The molecule has 7 nitrogen and oxygen atoms in total. The van der Waals surface area contributed by atoms with Crippen LogP contribution in [0.5, 0.6) is 0 Å². The number of ketones is 1. The van der Waals surface area contributed by atoms with Gasteiger partial charge in [-0.25, -0.2) is 0 Å². The van der Waals surface area contributed by atoms with E-state index in [1.807, 2.05) is 0 Å². The molecule has 0 fully saturated rings. The van der Waals surface area contributed by atoms with Crippen molar-refractivity contribution in [2.75, 3.05) is 42.7 Å². The molecular weight excluding hydrogens is 429 g/mol. The van der Waals surface area contributed by atoms with Crippen molar-refractivity contribution in [3.63, 3.8) is 0 Å². The van der Waals surface area contributed by atoms with E-state index in [-0.39, 0.29) is 44.2 Å². The van der Waals surface area contributed by atoms with Gasteiger partial charge in [-0.3, -0.25) is 4.79 Å². The topological polar surface area (TPSA) is 72.5 Å². The minimum Gasteiger partial charge on any atom is -0.377 e. The molecule has 0 saturated carbocycles. The minimum atomic E-state index is -4.69. The smallest absolute Gasteiger partial charge is 0.377 e. The van der Waals surface area contributed by atoms with Gasteiger partial charge in [0.25, 0.3) is 0 Å². The summed E-state index contributed by atoms with van der Waals surface area (Å²) in [7, 11) is 2.34. The molecule has 0 spiro atoms. The monoisotopic (exact) mass is 464 g/mol. The summed E-state index contributed by atoms with van der Waals surface area (Å²) < 4.78 is 74.1. The van der Waals surface area contributed by atoms with Crippen LogP contribution in [0.25, 0.3) is 0 Å². The zero-order valence-electron chi connectivity index (χ0n) is 18.4. The quantitative estimate of drug-likeness (QED) is 0.322. The van der Waals surface area contributed by atoms with Crippen LogP contribution in [0.1, 0.15) is 39.0 Å². The third-order valence-corrected chi connectivity index (χ3v) is 11.1. The molecule has 0 unspecified atom stereocenters. The molecule has 0 radical (unpaired) electrons. The van der Waals surface area contributed by atoms with Crippen molar-refractivity contribution in [1.82, 2.24) is 0 Å². The van der Waals surface area contributed by atoms with Gasteiger partial charge in [-0.1, -0.05) is 6.92 Å². The predicted octanol–water partition coefficient (Wildman–Crippen LogP) is 3.83. The van der Waals surface area contributed by atoms with Gasteiger partial charge in [0.2, 0.25) is 0 Å². The summed E-state index contributed by atoms with van der Waals surface area (Å²) in [5.41, 5.74) is -2.45. The lowest BCUT2D eigenvalue weighted by Crippen LogP contribution is -2.47. The molecule has 0 atom stereocenters. The third kappa shape index (κ3) is 7.09. The molecule has 12 heteroatoms. The molecule has 0 aliphatic rings. The van der Waals surface area contributed by atoms with Crippen molar-refractivity contribution in [2.24, 2.45) is 5.41 Å². The fourth-order valence-corrected chi connectivity index (χ4v) is 6.95. The predicted molar refractivity (Wildman–Crippen MR) is 105 cm³/mol. The Morgan fingerprint density at radius 1 is 0.724 bits per heavy atom. The fourth-order valence-electron chi connectivity index (χ4n) is 3.51. The van der Waals surface area contributed by atoms with E-state index >= 15 is 0 Å². The second kappa shape index (κ2) is 12.5. The van der Waals surface area contributed by atoms with Crippen LogP contribution in [0.15, 0.2) is 0 Å². The van der Waals surface area contributed by atoms with E-state index in [4.69, 9.17) is 26.6 Å². The van der Waals surface area contributed by atoms with Crippen LogP contribution in [-0.4, -0.2) is 72.2 Å². The first-order chi connectivity index (χ1) is 13.5. The summed E-state index contributed by atoms with van der Waals surface area (Å²) in [5, 5.41) is 0. The molecule has 0 N–H and O–H groups in total. The number of Topliss-reactive ketones (excluding diaryl/α,β-unsaturated/α-hetero) is 1. The molecule has 0 aromatic rings. The molecule has 0 saturated heterocycles. The average Bonchev–Trinajstić information content (AvgIpc) is 2.72. The van der Waals surface area contributed by atoms with Gasteiger partial charge in [0, 0.05) is 61.2 Å². The van der Waals surface area contributed by atoms with Crippen molar-refractivity contribution in [3.8, 4) is 0 Å². The Hall–Kier alpha value is -0.346. The first kappa shape index (κ1) is 28.7. The molecule has 0 aromatic carbocycles. The number of carbonyl (C=O) groups excluding carboxylic acids is 1. The van der Waals surface area contributed by atoms with Crippen LogP contribution in [0.3, 0.4) is 0 Å². The van der Waals surface area contributed by atoms with E-state index < -0.39 is 35.0 Å². The largest absolute Gasteiger partial charge is 0.500 e. The molecular formula is C17H35F3O7Si2. The molecule has 0 aliphatic carbocycles. The van der Waals surface area contributed by atoms with Gasteiger partial charge < -0.3 is 26.6 Å². The van der Waals surface area contributed by atoms with Gasteiger partial charge in [-0.05, 0) is 25.7 Å². The van der Waals surface area contributed by atoms with E-state index in [9.17, 15) is 18.0 Å². The van der Waals surface area contributed by atoms with Gasteiger partial charge >= 0.3 is 23.8 Å². The highest BCUT2D eigenvalue weighted by Gasteiger charge is 2.58. The van der Waals surface area contributed by atoms with Gasteiger partial charge in [0.15, 0.2) is 0 Å². The average molecular weight is 465 g/mol.